The largest absolute Gasteiger partial charge is 0.396 e. The van der Waals surface area contributed by atoms with E-state index >= 15 is 0 Å². The molecule has 0 bridgehead atoms. The van der Waals surface area contributed by atoms with Crippen LogP contribution in [0.5, 0.6) is 0 Å². The number of nitrogens with two attached hydrogens (primary N) is 1. The summed E-state index contributed by atoms with van der Waals surface area (Å²) in [6, 6.07) is 3.75. The molecule has 0 radical (unpaired) electrons. The number of H-pyrrole nitrogens is 1. The predicted octanol–water partition coefficient (Wildman–Crippen LogP) is 1.82. The summed E-state index contributed by atoms with van der Waals surface area (Å²) in [6.07, 6.45) is 3.27. The summed E-state index contributed by atoms with van der Waals surface area (Å²) >= 11 is 3.39. The molecule has 0 fully saturated rings. The highest BCUT2D eigenvalue weighted by molar-refractivity contribution is 9.10. The number of aromatic amines is 1. The van der Waals surface area contributed by atoms with Crippen LogP contribution in [0.25, 0.3) is 11.4 Å². The van der Waals surface area contributed by atoms with Crippen LogP contribution in [0.3, 0.4) is 0 Å². The molecule has 0 amide bonds. The van der Waals surface area contributed by atoms with Crippen LogP contribution < -0.4 is 5.73 Å². The highest BCUT2D eigenvalue weighted by atomic mass is 79.9. The van der Waals surface area contributed by atoms with E-state index < -0.39 is 0 Å². The number of nitrogens with zero attached hydrogens (tertiary/aromatic N) is 2. The summed E-state index contributed by atoms with van der Waals surface area (Å²) in [5.41, 5.74) is 7.80. The summed E-state index contributed by atoms with van der Waals surface area (Å²) in [4.78, 5) is 4.18. The van der Waals surface area contributed by atoms with Gasteiger partial charge in [0.15, 0.2) is 0 Å². The Balaban J connectivity index is 2.59. The first-order chi connectivity index (χ1) is 6.29. The van der Waals surface area contributed by atoms with E-state index in [-0.39, 0.29) is 0 Å². The second-order valence-corrected chi connectivity index (χ2v) is 3.39. The second kappa shape index (κ2) is 3.18. The molecule has 5 heteroatoms. The van der Waals surface area contributed by atoms with Crippen LogP contribution in [0.1, 0.15) is 0 Å². The van der Waals surface area contributed by atoms with Gasteiger partial charge in [0, 0.05) is 10.7 Å². The third-order valence-electron chi connectivity index (χ3n) is 1.66. The van der Waals surface area contributed by atoms with E-state index in [4.69, 9.17) is 5.73 Å². The van der Waals surface area contributed by atoms with Crippen molar-refractivity contribution in [2.24, 2.45) is 0 Å². The molecule has 0 unspecified atom stereocenters. The van der Waals surface area contributed by atoms with Gasteiger partial charge in [-0.15, -0.1) is 0 Å². The Morgan fingerprint density at radius 2 is 2.31 bits per heavy atom. The zero-order valence-electron chi connectivity index (χ0n) is 6.66. The highest BCUT2D eigenvalue weighted by Crippen LogP contribution is 2.27. The molecule has 3 N–H and O–H groups in total. The number of rotatable bonds is 1. The summed E-state index contributed by atoms with van der Waals surface area (Å²) in [5, 5.41) is 6.62. The molecule has 0 saturated carbocycles. The Morgan fingerprint density at radius 3 is 2.92 bits per heavy atom. The van der Waals surface area contributed by atoms with Crippen LogP contribution in [0.2, 0.25) is 0 Å². The lowest BCUT2D eigenvalue weighted by atomic mass is 10.2. The maximum Gasteiger partial charge on any atom is 0.108 e. The molecule has 2 rings (SSSR count). The van der Waals surface area contributed by atoms with Gasteiger partial charge in [-0.2, -0.15) is 5.10 Å². The molecule has 0 aromatic carbocycles. The molecular formula is C8H7BrN4. The maximum absolute atomic E-state index is 5.69. The third kappa shape index (κ3) is 1.42. The van der Waals surface area contributed by atoms with E-state index in [1.807, 2.05) is 12.1 Å². The number of pyridine rings is 1. The number of nitrogen functional groups attached to an aromatic ring is 1. The summed E-state index contributed by atoms with van der Waals surface area (Å²) in [7, 11) is 0. The van der Waals surface area contributed by atoms with Crippen LogP contribution in [0.15, 0.2) is 29.0 Å². The summed E-state index contributed by atoms with van der Waals surface area (Å²) in [6.45, 7) is 0. The summed E-state index contributed by atoms with van der Waals surface area (Å²) in [5.74, 6) is 0. The Morgan fingerprint density at radius 1 is 1.46 bits per heavy atom. The van der Waals surface area contributed by atoms with Crippen LogP contribution >= 0.6 is 15.9 Å². The molecule has 2 aromatic rings. The van der Waals surface area contributed by atoms with Gasteiger partial charge in [0.05, 0.1) is 11.9 Å². The van der Waals surface area contributed by atoms with E-state index in [2.05, 4.69) is 31.1 Å². The standard InChI is InChI=1S/C8H7BrN4/c9-5-2-1-3-11-7(5)8-6(10)4-12-13-8/h1-4H,10H2,(H,12,13). The van der Waals surface area contributed by atoms with Crippen molar-refractivity contribution < 1.29 is 0 Å². The number of nitrogens with one attached hydrogen (secondary N) is 1. The number of hydrogen-bond donors (Lipinski definition) is 2. The zero-order chi connectivity index (χ0) is 9.26. The van der Waals surface area contributed by atoms with Gasteiger partial charge in [-0.25, -0.2) is 0 Å². The van der Waals surface area contributed by atoms with Gasteiger partial charge < -0.3 is 5.73 Å². The Labute approximate surface area is 83.3 Å². The quantitative estimate of drug-likeness (QED) is 0.797. The number of halogens is 1. The van der Waals surface area contributed by atoms with E-state index in [9.17, 15) is 0 Å². The minimum absolute atomic E-state index is 0.597. The molecule has 13 heavy (non-hydrogen) atoms. The first-order valence-corrected chi connectivity index (χ1v) is 4.48. The van der Waals surface area contributed by atoms with Crippen molar-refractivity contribution >= 4 is 21.6 Å². The average Bonchev–Trinajstić information content (AvgIpc) is 2.52. The van der Waals surface area contributed by atoms with Crippen molar-refractivity contribution in [1.29, 1.82) is 0 Å². The summed E-state index contributed by atoms with van der Waals surface area (Å²) < 4.78 is 0.894. The van der Waals surface area contributed by atoms with Gasteiger partial charge >= 0.3 is 0 Å². The molecule has 0 aliphatic rings. The fourth-order valence-corrected chi connectivity index (χ4v) is 1.51. The number of hydrogen-bond acceptors (Lipinski definition) is 3. The van der Waals surface area contributed by atoms with Crippen molar-refractivity contribution in [3.63, 3.8) is 0 Å². The SMILES string of the molecule is Nc1cn[nH]c1-c1ncccc1Br. The molecule has 0 atom stereocenters. The highest BCUT2D eigenvalue weighted by Gasteiger charge is 2.08. The topological polar surface area (TPSA) is 67.6 Å². The monoisotopic (exact) mass is 238 g/mol. The van der Waals surface area contributed by atoms with Gasteiger partial charge in [-0.05, 0) is 28.1 Å². The van der Waals surface area contributed by atoms with Crippen LogP contribution in [-0.2, 0) is 0 Å². The fourth-order valence-electron chi connectivity index (χ4n) is 1.05. The number of anilines is 1. The van der Waals surface area contributed by atoms with Crippen molar-refractivity contribution in [1.82, 2.24) is 15.2 Å². The smallest absolute Gasteiger partial charge is 0.108 e. The van der Waals surface area contributed by atoms with E-state index in [1.54, 1.807) is 12.4 Å². The van der Waals surface area contributed by atoms with Crippen LogP contribution in [0, 0.1) is 0 Å². The van der Waals surface area contributed by atoms with E-state index in [0.29, 0.717) is 5.69 Å². The Hall–Kier alpha value is -1.36. The van der Waals surface area contributed by atoms with E-state index in [0.717, 1.165) is 15.9 Å². The minimum Gasteiger partial charge on any atom is -0.396 e. The third-order valence-corrected chi connectivity index (χ3v) is 2.30. The lowest BCUT2D eigenvalue weighted by Gasteiger charge is -2.00. The molecule has 0 aliphatic carbocycles. The molecule has 2 aromatic heterocycles. The average molecular weight is 239 g/mol. The van der Waals surface area contributed by atoms with Crippen molar-refractivity contribution in [2.75, 3.05) is 5.73 Å². The van der Waals surface area contributed by atoms with Crippen LogP contribution in [-0.4, -0.2) is 15.2 Å². The van der Waals surface area contributed by atoms with Gasteiger partial charge in [-0.3, -0.25) is 10.1 Å². The Kier molecular flexibility index (Phi) is 2.02. The lowest BCUT2D eigenvalue weighted by molar-refractivity contribution is 1.08. The molecule has 0 spiro atoms. The maximum atomic E-state index is 5.69. The molecule has 4 nitrogen and oxygen atoms in total. The Bertz CT molecular complexity index is 424. The number of aromatic nitrogens is 3. The van der Waals surface area contributed by atoms with Crippen molar-refractivity contribution in [3.05, 3.63) is 29.0 Å². The molecular weight excluding hydrogens is 232 g/mol. The van der Waals surface area contributed by atoms with Gasteiger partial charge in [0.25, 0.3) is 0 Å². The minimum atomic E-state index is 0.597. The molecule has 66 valence electrons. The lowest BCUT2D eigenvalue weighted by Crippen LogP contribution is -1.90. The molecule has 0 aliphatic heterocycles. The second-order valence-electron chi connectivity index (χ2n) is 2.53. The molecule has 2 heterocycles. The fraction of sp³-hybridized carbons (Fsp3) is 0. The predicted molar refractivity (Wildman–Crippen MR) is 53.9 cm³/mol. The first kappa shape index (κ1) is 8.25. The van der Waals surface area contributed by atoms with Gasteiger partial charge in [0.2, 0.25) is 0 Å². The first-order valence-electron chi connectivity index (χ1n) is 3.69. The normalized spacial score (nSPS) is 10.2. The molecule has 0 saturated heterocycles. The van der Waals surface area contributed by atoms with E-state index in [1.165, 1.54) is 0 Å². The zero-order valence-corrected chi connectivity index (χ0v) is 8.25. The van der Waals surface area contributed by atoms with Gasteiger partial charge in [-0.1, -0.05) is 0 Å². The van der Waals surface area contributed by atoms with Gasteiger partial charge in [0.1, 0.15) is 11.4 Å². The van der Waals surface area contributed by atoms with Crippen LogP contribution in [0.4, 0.5) is 5.69 Å². The van der Waals surface area contributed by atoms with Crippen molar-refractivity contribution in [2.45, 2.75) is 0 Å². The van der Waals surface area contributed by atoms with Crippen molar-refractivity contribution in [3.8, 4) is 11.4 Å².